The Morgan fingerprint density at radius 1 is 1.00 bits per heavy atom. The number of fused-ring (bicyclic) bond motifs is 1. The van der Waals surface area contributed by atoms with Gasteiger partial charge in [-0.05, 0) is 25.0 Å². The number of rotatable bonds is 2. The quantitative estimate of drug-likeness (QED) is 0.664. The number of aliphatic imine (C=N–C) groups is 1. The van der Waals surface area contributed by atoms with Crippen molar-refractivity contribution in [2.24, 2.45) is 16.6 Å². The Labute approximate surface area is 120 Å². The second kappa shape index (κ2) is 6.16. The lowest BCUT2D eigenvalue weighted by Gasteiger charge is -2.20. The normalized spacial score (nSPS) is 20.5. The molecule has 2 aliphatic rings. The number of nitrogens with zero attached hydrogens (tertiary/aromatic N) is 1. The number of amidine groups is 1. The summed E-state index contributed by atoms with van der Waals surface area (Å²) >= 11 is 0. The van der Waals surface area contributed by atoms with Crippen LogP contribution in [-0.4, -0.2) is 19.0 Å². The summed E-state index contributed by atoms with van der Waals surface area (Å²) in [6.07, 6.45) is 7.11. The van der Waals surface area contributed by atoms with Gasteiger partial charge in [-0.1, -0.05) is 19.3 Å². The summed E-state index contributed by atoms with van der Waals surface area (Å²) in [5.41, 5.74) is 7.02. The van der Waals surface area contributed by atoms with Gasteiger partial charge in [0.05, 0.1) is 18.9 Å². The van der Waals surface area contributed by atoms with E-state index in [9.17, 15) is 0 Å². The lowest BCUT2D eigenvalue weighted by atomic mass is 9.88. The number of hydrogen-bond acceptors (Lipinski definition) is 3. The zero-order chi connectivity index (χ0) is 13.8. The van der Waals surface area contributed by atoms with Gasteiger partial charge in [0, 0.05) is 18.4 Å². The standard InChI is InChI=1S/C16H22N2O2/c17-16(12-5-2-1-3-6-12)18-13-7-8-14-15(11-13)20-10-4-9-19-14/h7-8,11-12H,1-6,9-10H2,(H2,17,18). The molecule has 20 heavy (non-hydrogen) atoms. The minimum Gasteiger partial charge on any atom is -0.490 e. The Kier molecular flexibility index (Phi) is 4.09. The van der Waals surface area contributed by atoms with E-state index in [1.54, 1.807) is 0 Å². The van der Waals surface area contributed by atoms with Crippen LogP contribution in [0.5, 0.6) is 11.5 Å². The van der Waals surface area contributed by atoms with Crippen molar-refractivity contribution in [3.05, 3.63) is 18.2 Å². The van der Waals surface area contributed by atoms with Crippen LogP contribution < -0.4 is 15.2 Å². The molecular weight excluding hydrogens is 252 g/mol. The molecule has 0 aromatic heterocycles. The van der Waals surface area contributed by atoms with Crippen molar-refractivity contribution in [2.45, 2.75) is 38.5 Å². The molecule has 2 N–H and O–H groups in total. The first-order chi connectivity index (χ1) is 9.83. The van der Waals surface area contributed by atoms with Crippen LogP contribution in [-0.2, 0) is 0 Å². The molecule has 0 radical (unpaired) electrons. The van der Waals surface area contributed by atoms with Crippen LogP contribution >= 0.6 is 0 Å². The summed E-state index contributed by atoms with van der Waals surface area (Å²) < 4.78 is 11.3. The van der Waals surface area contributed by atoms with Gasteiger partial charge < -0.3 is 15.2 Å². The SMILES string of the molecule is NC(=Nc1ccc2c(c1)OCCCO2)C1CCCCC1. The van der Waals surface area contributed by atoms with Crippen molar-refractivity contribution >= 4 is 11.5 Å². The molecule has 1 fully saturated rings. The van der Waals surface area contributed by atoms with Crippen LogP contribution in [0, 0.1) is 5.92 Å². The minimum atomic E-state index is 0.444. The van der Waals surface area contributed by atoms with Gasteiger partial charge in [0.25, 0.3) is 0 Å². The summed E-state index contributed by atoms with van der Waals surface area (Å²) in [6, 6.07) is 5.80. The fraction of sp³-hybridized carbons (Fsp3) is 0.562. The Bertz CT molecular complexity index is 493. The van der Waals surface area contributed by atoms with Gasteiger partial charge >= 0.3 is 0 Å². The van der Waals surface area contributed by atoms with E-state index in [2.05, 4.69) is 4.99 Å². The highest BCUT2D eigenvalue weighted by Crippen LogP contribution is 2.34. The first-order valence-electron chi connectivity index (χ1n) is 7.56. The van der Waals surface area contributed by atoms with E-state index < -0.39 is 0 Å². The van der Waals surface area contributed by atoms with Crippen LogP contribution in [0.15, 0.2) is 23.2 Å². The van der Waals surface area contributed by atoms with Gasteiger partial charge in [-0.3, -0.25) is 0 Å². The van der Waals surface area contributed by atoms with Crippen molar-refractivity contribution < 1.29 is 9.47 Å². The third kappa shape index (κ3) is 3.06. The maximum Gasteiger partial charge on any atom is 0.163 e. The molecule has 1 aliphatic heterocycles. The van der Waals surface area contributed by atoms with Crippen molar-refractivity contribution in [2.75, 3.05) is 13.2 Å². The molecule has 4 nitrogen and oxygen atoms in total. The summed E-state index contributed by atoms with van der Waals surface area (Å²) in [4.78, 5) is 4.58. The highest BCUT2D eigenvalue weighted by molar-refractivity contribution is 5.85. The molecule has 1 heterocycles. The van der Waals surface area contributed by atoms with Crippen LogP contribution in [0.25, 0.3) is 0 Å². The Balaban J connectivity index is 1.78. The molecule has 108 valence electrons. The van der Waals surface area contributed by atoms with Crippen LogP contribution in [0.2, 0.25) is 0 Å². The Hall–Kier alpha value is -1.71. The van der Waals surface area contributed by atoms with Gasteiger partial charge in [0.1, 0.15) is 5.84 Å². The number of ether oxygens (including phenoxy) is 2. The Morgan fingerprint density at radius 2 is 1.75 bits per heavy atom. The lowest BCUT2D eigenvalue weighted by molar-refractivity contribution is 0.297. The third-order valence-corrected chi connectivity index (χ3v) is 4.01. The van der Waals surface area contributed by atoms with E-state index in [1.807, 2.05) is 18.2 Å². The monoisotopic (exact) mass is 274 g/mol. The fourth-order valence-corrected chi connectivity index (χ4v) is 2.86. The summed E-state index contributed by atoms with van der Waals surface area (Å²) in [5.74, 6) is 2.79. The number of nitrogens with two attached hydrogens (primary N) is 1. The smallest absolute Gasteiger partial charge is 0.163 e. The van der Waals surface area contributed by atoms with Crippen LogP contribution in [0.1, 0.15) is 38.5 Å². The van der Waals surface area contributed by atoms with Gasteiger partial charge in [0.2, 0.25) is 0 Å². The number of benzene rings is 1. The molecular formula is C16H22N2O2. The summed E-state index contributed by atoms with van der Waals surface area (Å²) in [6.45, 7) is 1.40. The van der Waals surface area contributed by atoms with E-state index in [4.69, 9.17) is 15.2 Å². The molecule has 1 aromatic carbocycles. The largest absolute Gasteiger partial charge is 0.490 e. The van der Waals surface area contributed by atoms with Gasteiger partial charge in [-0.15, -0.1) is 0 Å². The van der Waals surface area contributed by atoms with Crippen molar-refractivity contribution in [3.8, 4) is 11.5 Å². The molecule has 1 saturated carbocycles. The fourth-order valence-electron chi connectivity index (χ4n) is 2.86. The average Bonchev–Trinajstić information content (AvgIpc) is 2.73. The second-order valence-electron chi connectivity index (χ2n) is 5.55. The zero-order valence-electron chi connectivity index (χ0n) is 11.8. The highest BCUT2D eigenvalue weighted by Gasteiger charge is 2.17. The molecule has 0 unspecified atom stereocenters. The van der Waals surface area contributed by atoms with E-state index >= 15 is 0 Å². The predicted molar refractivity (Wildman–Crippen MR) is 79.9 cm³/mol. The molecule has 0 atom stereocenters. The van der Waals surface area contributed by atoms with E-state index in [-0.39, 0.29) is 0 Å². The maximum atomic E-state index is 6.17. The maximum absolute atomic E-state index is 6.17. The topological polar surface area (TPSA) is 56.8 Å². The first kappa shape index (κ1) is 13.3. The lowest BCUT2D eigenvalue weighted by Crippen LogP contribution is -2.25. The molecule has 3 rings (SSSR count). The molecule has 0 saturated heterocycles. The first-order valence-corrected chi connectivity index (χ1v) is 7.56. The minimum absolute atomic E-state index is 0.444. The second-order valence-corrected chi connectivity index (χ2v) is 5.55. The van der Waals surface area contributed by atoms with Crippen molar-refractivity contribution in [3.63, 3.8) is 0 Å². The molecule has 0 bridgehead atoms. The van der Waals surface area contributed by atoms with Crippen molar-refractivity contribution in [1.82, 2.24) is 0 Å². The van der Waals surface area contributed by atoms with Crippen LogP contribution in [0.3, 0.4) is 0 Å². The zero-order valence-corrected chi connectivity index (χ0v) is 11.8. The van der Waals surface area contributed by atoms with E-state index in [0.29, 0.717) is 19.1 Å². The van der Waals surface area contributed by atoms with Gasteiger partial charge in [0.15, 0.2) is 11.5 Å². The van der Waals surface area contributed by atoms with Gasteiger partial charge in [-0.2, -0.15) is 0 Å². The molecule has 1 aliphatic carbocycles. The summed E-state index contributed by atoms with van der Waals surface area (Å²) in [5, 5.41) is 0. The van der Waals surface area contributed by atoms with Gasteiger partial charge in [-0.25, -0.2) is 4.99 Å². The van der Waals surface area contributed by atoms with E-state index in [0.717, 1.165) is 29.4 Å². The molecule has 0 spiro atoms. The molecule has 4 heteroatoms. The highest BCUT2D eigenvalue weighted by atomic mass is 16.5. The van der Waals surface area contributed by atoms with Crippen molar-refractivity contribution in [1.29, 1.82) is 0 Å². The number of hydrogen-bond donors (Lipinski definition) is 1. The predicted octanol–water partition coefficient (Wildman–Crippen LogP) is 3.42. The third-order valence-electron chi connectivity index (χ3n) is 4.01. The Morgan fingerprint density at radius 3 is 2.55 bits per heavy atom. The summed E-state index contributed by atoms with van der Waals surface area (Å²) in [7, 11) is 0. The van der Waals surface area contributed by atoms with E-state index in [1.165, 1.54) is 32.1 Å². The molecule has 1 aromatic rings. The van der Waals surface area contributed by atoms with Crippen LogP contribution in [0.4, 0.5) is 5.69 Å². The average molecular weight is 274 g/mol. The molecule has 0 amide bonds.